The lowest BCUT2D eigenvalue weighted by Gasteiger charge is -2.09. The zero-order valence-corrected chi connectivity index (χ0v) is 14.7. The Hall–Kier alpha value is -3.62. The highest BCUT2D eigenvalue weighted by molar-refractivity contribution is 5.95. The molecule has 9 nitrogen and oxygen atoms in total. The molecule has 0 aromatic heterocycles. The van der Waals surface area contributed by atoms with E-state index in [-0.39, 0.29) is 18.2 Å². The number of rotatable bonds is 8. The summed E-state index contributed by atoms with van der Waals surface area (Å²) < 4.78 is 4.77. The fourth-order valence-corrected chi connectivity index (χ4v) is 2.18. The van der Waals surface area contributed by atoms with Gasteiger partial charge in [-0.15, -0.1) is 0 Å². The molecule has 0 atom stereocenters. The van der Waals surface area contributed by atoms with Crippen molar-refractivity contribution in [2.45, 2.75) is 6.92 Å². The van der Waals surface area contributed by atoms with Crippen molar-refractivity contribution in [1.29, 1.82) is 0 Å². The van der Waals surface area contributed by atoms with Gasteiger partial charge in [0.15, 0.2) is 0 Å². The van der Waals surface area contributed by atoms with Crippen LogP contribution in [-0.4, -0.2) is 36.6 Å². The van der Waals surface area contributed by atoms with Gasteiger partial charge in [0.1, 0.15) is 0 Å². The van der Waals surface area contributed by atoms with E-state index in [1.54, 1.807) is 43.3 Å². The number of non-ortho nitro benzene ring substituents is 1. The quantitative estimate of drug-likeness (QED) is 0.372. The molecule has 3 N–H and O–H groups in total. The number of amides is 2. The number of ether oxygens (including phenoxy) is 1. The molecule has 0 radical (unpaired) electrons. The topological polar surface area (TPSA) is 123 Å². The van der Waals surface area contributed by atoms with E-state index in [0.29, 0.717) is 24.3 Å². The maximum Gasteiger partial charge on any atom is 0.411 e. The zero-order chi connectivity index (χ0) is 19.6. The molecule has 0 aliphatic heterocycles. The van der Waals surface area contributed by atoms with Crippen molar-refractivity contribution in [1.82, 2.24) is 5.32 Å². The smallest absolute Gasteiger partial charge is 0.411 e. The first kappa shape index (κ1) is 19.7. The van der Waals surface area contributed by atoms with Gasteiger partial charge in [0, 0.05) is 42.2 Å². The molecule has 27 heavy (non-hydrogen) atoms. The van der Waals surface area contributed by atoms with E-state index in [4.69, 9.17) is 4.74 Å². The second-order valence-electron chi connectivity index (χ2n) is 5.41. The molecule has 142 valence electrons. The molecule has 0 unspecified atom stereocenters. The van der Waals surface area contributed by atoms with E-state index in [9.17, 15) is 19.7 Å². The van der Waals surface area contributed by atoms with Gasteiger partial charge in [0.25, 0.3) is 11.6 Å². The van der Waals surface area contributed by atoms with Crippen LogP contribution >= 0.6 is 0 Å². The third kappa shape index (κ3) is 6.31. The predicted molar refractivity (Wildman–Crippen MR) is 101 cm³/mol. The van der Waals surface area contributed by atoms with Crippen molar-refractivity contribution in [2.24, 2.45) is 0 Å². The molecular weight excluding hydrogens is 352 g/mol. The Balaban J connectivity index is 1.75. The van der Waals surface area contributed by atoms with E-state index < -0.39 is 11.0 Å². The summed E-state index contributed by atoms with van der Waals surface area (Å²) >= 11 is 0. The lowest BCUT2D eigenvalue weighted by Crippen LogP contribution is -2.28. The van der Waals surface area contributed by atoms with Crippen LogP contribution in [0.4, 0.5) is 21.9 Å². The predicted octanol–water partition coefficient (Wildman–Crippen LogP) is 3.01. The first-order valence-corrected chi connectivity index (χ1v) is 8.30. The fraction of sp³-hybridized carbons (Fsp3) is 0.222. The van der Waals surface area contributed by atoms with Crippen molar-refractivity contribution in [2.75, 3.05) is 30.3 Å². The summed E-state index contributed by atoms with van der Waals surface area (Å²) in [5, 5.41) is 19.0. The number of carbonyl (C=O) groups is 2. The van der Waals surface area contributed by atoms with E-state index in [2.05, 4.69) is 16.0 Å². The van der Waals surface area contributed by atoms with Crippen molar-refractivity contribution >= 4 is 29.1 Å². The largest absolute Gasteiger partial charge is 0.450 e. The second-order valence-corrected chi connectivity index (χ2v) is 5.41. The molecule has 0 saturated carbocycles. The summed E-state index contributed by atoms with van der Waals surface area (Å²) in [5.41, 5.74) is 1.74. The highest BCUT2D eigenvalue weighted by atomic mass is 16.6. The number of hydrogen-bond acceptors (Lipinski definition) is 6. The third-order valence-electron chi connectivity index (χ3n) is 3.49. The zero-order valence-electron chi connectivity index (χ0n) is 14.7. The molecule has 2 rings (SSSR count). The molecule has 0 aliphatic rings. The minimum absolute atomic E-state index is 0.0229. The lowest BCUT2D eigenvalue weighted by molar-refractivity contribution is -0.384. The Kier molecular flexibility index (Phi) is 7.12. The monoisotopic (exact) mass is 372 g/mol. The number of nitro groups is 1. The first-order chi connectivity index (χ1) is 13.0. The third-order valence-corrected chi connectivity index (χ3v) is 3.49. The van der Waals surface area contributed by atoms with Crippen LogP contribution in [0.5, 0.6) is 0 Å². The lowest BCUT2D eigenvalue weighted by atomic mass is 10.2. The van der Waals surface area contributed by atoms with Crippen LogP contribution in [0.25, 0.3) is 0 Å². The number of nitro benzene ring substituents is 1. The van der Waals surface area contributed by atoms with Gasteiger partial charge in [-0.3, -0.25) is 20.2 Å². The maximum atomic E-state index is 12.1. The summed E-state index contributed by atoms with van der Waals surface area (Å²) in [5.74, 6) is -0.247. The Labute approximate surface area is 155 Å². The molecule has 0 spiro atoms. The Bertz CT molecular complexity index is 790. The van der Waals surface area contributed by atoms with Gasteiger partial charge in [0.2, 0.25) is 0 Å². The summed E-state index contributed by atoms with van der Waals surface area (Å²) in [6, 6.07) is 12.5. The molecule has 2 aromatic rings. The van der Waals surface area contributed by atoms with E-state index in [1.165, 1.54) is 12.1 Å². The van der Waals surface area contributed by atoms with Crippen LogP contribution in [0.1, 0.15) is 17.3 Å². The summed E-state index contributed by atoms with van der Waals surface area (Å²) in [6.45, 7) is 2.83. The standard InChI is InChI=1S/C18H20N4O5/c1-2-27-18(24)21-15-5-3-13(4-6-15)17(23)20-12-11-19-14-7-9-16(10-8-14)22(25)26/h3-10,19H,2,11-12H2,1H3,(H,20,23)(H,21,24). The minimum atomic E-state index is -0.549. The Morgan fingerprint density at radius 1 is 1.00 bits per heavy atom. The molecule has 0 fully saturated rings. The minimum Gasteiger partial charge on any atom is -0.450 e. The summed E-state index contributed by atoms with van der Waals surface area (Å²) in [7, 11) is 0. The van der Waals surface area contributed by atoms with Gasteiger partial charge in [-0.05, 0) is 43.3 Å². The number of anilines is 2. The summed E-state index contributed by atoms with van der Waals surface area (Å²) in [6.07, 6.45) is -0.549. The average Bonchev–Trinajstić information content (AvgIpc) is 2.66. The molecule has 9 heteroatoms. The number of nitrogens with zero attached hydrogens (tertiary/aromatic N) is 1. The fourth-order valence-electron chi connectivity index (χ4n) is 2.18. The van der Waals surface area contributed by atoms with Crippen LogP contribution in [0, 0.1) is 10.1 Å². The van der Waals surface area contributed by atoms with E-state index in [1.807, 2.05) is 0 Å². The average molecular weight is 372 g/mol. The van der Waals surface area contributed by atoms with Gasteiger partial charge >= 0.3 is 6.09 Å². The van der Waals surface area contributed by atoms with Crippen LogP contribution in [-0.2, 0) is 4.74 Å². The van der Waals surface area contributed by atoms with Gasteiger partial charge in [-0.1, -0.05) is 0 Å². The van der Waals surface area contributed by atoms with Gasteiger partial charge in [-0.25, -0.2) is 4.79 Å². The number of carbonyl (C=O) groups excluding carboxylic acids is 2. The number of benzene rings is 2. The Morgan fingerprint density at radius 2 is 1.63 bits per heavy atom. The maximum absolute atomic E-state index is 12.1. The van der Waals surface area contributed by atoms with Gasteiger partial charge in [-0.2, -0.15) is 0 Å². The first-order valence-electron chi connectivity index (χ1n) is 8.30. The van der Waals surface area contributed by atoms with Crippen molar-refractivity contribution in [3.8, 4) is 0 Å². The van der Waals surface area contributed by atoms with E-state index >= 15 is 0 Å². The molecule has 0 aliphatic carbocycles. The van der Waals surface area contributed by atoms with Gasteiger partial charge < -0.3 is 15.4 Å². The molecule has 2 amide bonds. The van der Waals surface area contributed by atoms with Gasteiger partial charge in [0.05, 0.1) is 11.5 Å². The molecule has 2 aromatic carbocycles. The highest BCUT2D eigenvalue weighted by Gasteiger charge is 2.07. The highest BCUT2D eigenvalue weighted by Crippen LogP contribution is 2.15. The summed E-state index contributed by atoms with van der Waals surface area (Å²) in [4.78, 5) is 33.5. The number of nitrogens with one attached hydrogen (secondary N) is 3. The van der Waals surface area contributed by atoms with Crippen LogP contribution in [0.3, 0.4) is 0 Å². The molecular formula is C18H20N4O5. The van der Waals surface area contributed by atoms with Crippen LogP contribution in [0.15, 0.2) is 48.5 Å². The second kappa shape index (κ2) is 9.76. The SMILES string of the molecule is CCOC(=O)Nc1ccc(C(=O)NCCNc2ccc([N+](=O)[O-])cc2)cc1. The van der Waals surface area contributed by atoms with E-state index in [0.717, 1.165) is 5.69 Å². The van der Waals surface area contributed by atoms with Crippen molar-refractivity contribution < 1.29 is 19.2 Å². The normalized spacial score (nSPS) is 9.96. The molecule has 0 saturated heterocycles. The van der Waals surface area contributed by atoms with Crippen molar-refractivity contribution in [3.63, 3.8) is 0 Å². The van der Waals surface area contributed by atoms with Crippen LogP contribution < -0.4 is 16.0 Å². The molecule has 0 bridgehead atoms. The number of hydrogen-bond donors (Lipinski definition) is 3. The van der Waals surface area contributed by atoms with Crippen molar-refractivity contribution in [3.05, 3.63) is 64.2 Å². The molecule has 0 heterocycles. The Morgan fingerprint density at radius 3 is 2.22 bits per heavy atom. The van der Waals surface area contributed by atoms with Crippen LogP contribution in [0.2, 0.25) is 0 Å².